The normalized spacial score (nSPS) is 20.6. The lowest BCUT2D eigenvalue weighted by atomic mass is 10.2. The van der Waals surface area contributed by atoms with Crippen molar-refractivity contribution in [3.05, 3.63) is 0 Å². The second-order valence-corrected chi connectivity index (χ2v) is 5.13. The number of hydrogen-bond donors (Lipinski definition) is 2. The Bertz CT molecular complexity index is 234. The summed E-state index contributed by atoms with van der Waals surface area (Å²) >= 11 is 3.44. The van der Waals surface area contributed by atoms with Gasteiger partial charge in [0.2, 0.25) is 5.91 Å². The number of hydrogen-bond acceptors (Lipinski definition) is 4. The molecule has 17 heavy (non-hydrogen) atoms. The third kappa shape index (κ3) is 4.91. The van der Waals surface area contributed by atoms with E-state index >= 15 is 0 Å². The summed E-state index contributed by atoms with van der Waals surface area (Å²) in [5.41, 5.74) is 11.1. The van der Waals surface area contributed by atoms with Crippen molar-refractivity contribution in [3.63, 3.8) is 0 Å². The van der Waals surface area contributed by atoms with E-state index in [1.165, 1.54) is 0 Å². The van der Waals surface area contributed by atoms with Crippen molar-refractivity contribution in [1.82, 2.24) is 9.80 Å². The fourth-order valence-corrected chi connectivity index (χ4v) is 2.57. The molecule has 0 bridgehead atoms. The van der Waals surface area contributed by atoms with Gasteiger partial charge in [0, 0.05) is 57.6 Å². The standard InChI is InChI=1S/C11H23BrN4O/c12-8-10-7-11(17)16(9-10)6-5-15(3-1-13)4-2-14/h10H,1-9,13-14H2. The van der Waals surface area contributed by atoms with Crippen LogP contribution in [0.15, 0.2) is 0 Å². The van der Waals surface area contributed by atoms with Crippen molar-refractivity contribution in [2.75, 3.05) is 51.1 Å². The Hall–Kier alpha value is -0.170. The molecule has 1 rings (SSSR count). The summed E-state index contributed by atoms with van der Waals surface area (Å²) in [6, 6.07) is 0. The molecule has 0 spiro atoms. The highest BCUT2D eigenvalue weighted by Crippen LogP contribution is 2.19. The lowest BCUT2D eigenvalue weighted by Gasteiger charge is -2.24. The molecule has 1 heterocycles. The Kier molecular flexibility index (Phi) is 7.03. The highest BCUT2D eigenvalue weighted by atomic mass is 79.9. The van der Waals surface area contributed by atoms with E-state index in [9.17, 15) is 4.79 Å². The van der Waals surface area contributed by atoms with E-state index in [0.717, 1.165) is 38.1 Å². The number of halogens is 1. The van der Waals surface area contributed by atoms with Crippen LogP contribution in [0.2, 0.25) is 0 Å². The van der Waals surface area contributed by atoms with Crippen LogP contribution in [0.25, 0.3) is 0 Å². The van der Waals surface area contributed by atoms with Crippen molar-refractivity contribution < 1.29 is 4.79 Å². The molecule has 0 aromatic rings. The van der Waals surface area contributed by atoms with Gasteiger partial charge < -0.3 is 16.4 Å². The molecule has 1 saturated heterocycles. The van der Waals surface area contributed by atoms with Gasteiger partial charge in [-0.25, -0.2) is 0 Å². The Labute approximate surface area is 112 Å². The Morgan fingerprint density at radius 1 is 1.29 bits per heavy atom. The van der Waals surface area contributed by atoms with Gasteiger partial charge >= 0.3 is 0 Å². The lowest BCUT2D eigenvalue weighted by Crippen LogP contribution is -2.40. The number of amides is 1. The molecule has 1 fully saturated rings. The van der Waals surface area contributed by atoms with E-state index in [1.54, 1.807) is 0 Å². The van der Waals surface area contributed by atoms with Gasteiger partial charge in [-0.05, 0) is 5.92 Å². The molecule has 0 aromatic carbocycles. The lowest BCUT2D eigenvalue weighted by molar-refractivity contribution is -0.127. The summed E-state index contributed by atoms with van der Waals surface area (Å²) in [5.74, 6) is 0.745. The van der Waals surface area contributed by atoms with Crippen LogP contribution in [0.1, 0.15) is 6.42 Å². The van der Waals surface area contributed by atoms with Crippen molar-refractivity contribution >= 4 is 21.8 Å². The summed E-state index contributed by atoms with van der Waals surface area (Å²) < 4.78 is 0. The molecule has 1 aliphatic rings. The number of likely N-dealkylation sites (tertiary alicyclic amines) is 1. The third-order valence-electron chi connectivity index (χ3n) is 3.09. The predicted molar refractivity (Wildman–Crippen MR) is 73.0 cm³/mol. The number of alkyl halides is 1. The van der Waals surface area contributed by atoms with Crippen LogP contribution in [-0.2, 0) is 4.79 Å². The highest BCUT2D eigenvalue weighted by molar-refractivity contribution is 9.09. The number of nitrogens with zero attached hydrogens (tertiary/aromatic N) is 2. The van der Waals surface area contributed by atoms with Gasteiger partial charge in [-0.1, -0.05) is 15.9 Å². The van der Waals surface area contributed by atoms with Gasteiger partial charge in [0.25, 0.3) is 0 Å². The molecule has 100 valence electrons. The first-order valence-corrected chi connectivity index (χ1v) is 7.29. The minimum Gasteiger partial charge on any atom is -0.341 e. The van der Waals surface area contributed by atoms with Crippen LogP contribution in [0, 0.1) is 5.92 Å². The van der Waals surface area contributed by atoms with Crippen LogP contribution in [0.4, 0.5) is 0 Å². The molecular weight excluding hydrogens is 284 g/mol. The molecule has 5 nitrogen and oxygen atoms in total. The monoisotopic (exact) mass is 306 g/mol. The SMILES string of the molecule is NCCN(CCN)CCN1CC(CBr)CC1=O. The van der Waals surface area contributed by atoms with Crippen LogP contribution in [0.3, 0.4) is 0 Å². The maximum atomic E-state index is 11.7. The average molecular weight is 307 g/mol. The summed E-state index contributed by atoms with van der Waals surface area (Å²) in [7, 11) is 0. The van der Waals surface area contributed by atoms with Crippen LogP contribution in [0.5, 0.6) is 0 Å². The van der Waals surface area contributed by atoms with Crippen LogP contribution in [-0.4, -0.2) is 66.9 Å². The van der Waals surface area contributed by atoms with Crippen molar-refractivity contribution in [2.45, 2.75) is 6.42 Å². The van der Waals surface area contributed by atoms with Gasteiger partial charge in [0.15, 0.2) is 0 Å². The zero-order valence-corrected chi connectivity index (χ0v) is 11.9. The van der Waals surface area contributed by atoms with E-state index in [2.05, 4.69) is 20.8 Å². The summed E-state index contributed by atoms with van der Waals surface area (Å²) in [6.07, 6.45) is 0.680. The number of nitrogens with two attached hydrogens (primary N) is 2. The highest BCUT2D eigenvalue weighted by Gasteiger charge is 2.28. The molecule has 0 aromatic heterocycles. The van der Waals surface area contributed by atoms with Gasteiger partial charge in [0.05, 0.1) is 0 Å². The largest absolute Gasteiger partial charge is 0.341 e. The molecule has 0 radical (unpaired) electrons. The molecule has 0 saturated carbocycles. The van der Waals surface area contributed by atoms with Crippen molar-refractivity contribution in [2.24, 2.45) is 17.4 Å². The minimum absolute atomic E-state index is 0.273. The third-order valence-corrected chi connectivity index (χ3v) is 4.01. The maximum Gasteiger partial charge on any atom is 0.222 e. The molecule has 4 N–H and O–H groups in total. The van der Waals surface area contributed by atoms with Gasteiger partial charge in [0.1, 0.15) is 0 Å². The van der Waals surface area contributed by atoms with Crippen LogP contribution < -0.4 is 11.5 Å². The zero-order chi connectivity index (χ0) is 12.7. The summed E-state index contributed by atoms with van der Waals surface area (Å²) in [5, 5.41) is 0.907. The molecular formula is C11H23BrN4O. The minimum atomic E-state index is 0.273. The van der Waals surface area contributed by atoms with Crippen LogP contribution >= 0.6 is 15.9 Å². The van der Waals surface area contributed by atoms with E-state index in [-0.39, 0.29) is 5.91 Å². The predicted octanol–water partition coefficient (Wildman–Crippen LogP) is -0.551. The van der Waals surface area contributed by atoms with Crippen molar-refractivity contribution in [1.29, 1.82) is 0 Å². The van der Waals surface area contributed by atoms with Crippen molar-refractivity contribution in [3.8, 4) is 0 Å². The first-order valence-electron chi connectivity index (χ1n) is 6.17. The molecule has 6 heteroatoms. The molecule has 1 atom stereocenters. The van der Waals surface area contributed by atoms with Gasteiger partial charge in [-0.2, -0.15) is 0 Å². The topological polar surface area (TPSA) is 75.6 Å². The fourth-order valence-electron chi connectivity index (χ4n) is 2.14. The average Bonchev–Trinajstić information content (AvgIpc) is 2.68. The number of rotatable bonds is 8. The van der Waals surface area contributed by atoms with Gasteiger partial charge in [-0.15, -0.1) is 0 Å². The maximum absolute atomic E-state index is 11.7. The quantitative estimate of drug-likeness (QED) is 0.590. The van der Waals surface area contributed by atoms with E-state index in [1.807, 2.05) is 4.90 Å². The molecule has 1 aliphatic heterocycles. The molecule has 1 unspecified atom stereocenters. The second-order valence-electron chi connectivity index (χ2n) is 4.48. The van der Waals surface area contributed by atoms with E-state index in [4.69, 9.17) is 11.5 Å². The number of carbonyl (C=O) groups excluding carboxylic acids is 1. The Morgan fingerprint density at radius 2 is 1.94 bits per heavy atom. The first kappa shape index (κ1) is 14.9. The van der Waals surface area contributed by atoms with E-state index in [0.29, 0.717) is 25.4 Å². The molecule has 1 amide bonds. The Morgan fingerprint density at radius 3 is 2.41 bits per heavy atom. The Balaban J connectivity index is 2.30. The fraction of sp³-hybridized carbons (Fsp3) is 0.909. The molecule has 0 aliphatic carbocycles. The zero-order valence-electron chi connectivity index (χ0n) is 10.3. The van der Waals surface area contributed by atoms with Gasteiger partial charge in [-0.3, -0.25) is 9.69 Å². The summed E-state index contributed by atoms with van der Waals surface area (Å²) in [6.45, 7) is 5.51. The summed E-state index contributed by atoms with van der Waals surface area (Å²) in [4.78, 5) is 15.9. The first-order chi connectivity index (χ1) is 8.21. The second kappa shape index (κ2) is 8.02. The number of carbonyl (C=O) groups is 1. The van der Waals surface area contributed by atoms with E-state index < -0.39 is 0 Å². The smallest absolute Gasteiger partial charge is 0.222 e.